The molecule has 0 aliphatic heterocycles. The topological polar surface area (TPSA) is 95.8 Å². The first-order chi connectivity index (χ1) is 26.4. The van der Waals surface area contributed by atoms with Gasteiger partial charge in [0.15, 0.2) is 0 Å². The van der Waals surface area contributed by atoms with Gasteiger partial charge in [0, 0.05) is 12.4 Å². The maximum Gasteiger partial charge on any atom is 0.339 e. The highest BCUT2D eigenvalue weighted by atomic mass is 16.5. The number of esters is 2. The van der Waals surface area contributed by atoms with Crippen LogP contribution in [-0.4, -0.2) is 50.8 Å². The zero-order valence-electron chi connectivity index (χ0n) is 31.1. The van der Waals surface area contributed by atoms with Crippen molar-refractivity contribution in [1.82, 2.24) is 0 Å². The highest BCUT2D eigenvalue weighted by molar-refractivity contribution is 6.03. The molecular weight excluding hydrogens is 677 g/mol. The van der Waals surface area contributed by atoms with Crippen molar-refractivity contribution in [3.05, 3.63) is 155 Å². The van der Waals surface area contributed by atoms with Gasteiger partial charge in [-0.15, -0.1) is 0 Å². The van der Waals surface area contributed by atoms with Crippen molar-refractivity contribution in [1.29, 1.82) is 0 Å². The molecule has 0 aliphatic carbocycles. The predicted octanol–water partition coefficient (Wildman–Crippen LogP) is 10.6. The number of hydrogen-bond acceptors (Lipinski definition) is 8. The Morgan fingerprint density at radius 2 is 0.833 bits per heavy atom. The number of carbonyl (C=O) groups is 2. The van der Waals surface area contributed by atoms with E-state index in [1.165, 1.54) is 11.1 Å². The van der Waals surface area contributed by atoms with E-state index in [0.717, 1.165) is 59.7 Å². The van der Waals surface area contributed by atoms with Crippen LogP contribution >= 0.6 is 0 Å². The molecule has 8 nitrogen and oxygen atoms in total. The number of aryl methyl sites for hydroxylation is 2. The molecule has 0 bridgehead atoms. The van der Waals surface area contributed by atoms with E-state index >= 15 is 0 Å². The van der Waals surface area contributed by atoms with Gasteiger partial charge in [0.05, 0.1) is 48.9 Å². The van der Waals surface area contributed by atoms with Gasteiger partial charge in [-0.2, -0.15) is 0 Å². The molecule has 54 heavy (non-hydrogen) atoms. The van der Waals surface area contributed by atoms with Crippen molar-refractivity contribution in [2.45, 2.75) is 52.4 Å². The normalized spacial score (nSPS) is 11.1. The van der Waals surface area contributed by atoms with Crippen LogP contribution in [0, 0.1) is 13.8 Å². The first-order valence-corrected chi connectivity index (χ1v) is 18.5. The van der Waals surface area contributed by atoms with E-state index in [1.54, 1.807) is 24.3 Å². The van der Waals surface area contributed by atoms with Crippen LogP contribution in [-0.2, 0) is 9.47 Å². The lowest BCUT2D eigenvalue weighted by molar-refractivity contribution is 0.0449. The maximum atomic E-state index is 12.8. The van der Waals surface area contributed by atoms with Gasteiger partial charge in [-0.3, -0.25) is 9.98 Å². The average molecular weight is 725 g/mol. The monoisotopic (exact) mass is 724 g/mol. The van der Waals surface area contributed by atoms with Crippen LogP contribution < -0.4 is 9.47 Å². The summed E-state index contributed by atoms with van der Waals surface area (Å²) in [5, 5.41) is 0. The van der Waals surface area contributed by atoms with Crippen molar-refractivity contribution < 1.29 is 28.5 Å². The zero-order chi connectivity index (χ0) is 37.8. The summed E-state index contributed by atoms with van der Waals surface area (Å²) in [6.45, 7) is 5.74. The highest BCUT2D eigenvalue weighted by Gasteiger charge is 2.19. The standard InChI is InChI=1S/C46H48N2O6/c1-35-13-21-39(22-14-35)47-33-37-17-25-41(26-18-37)51-29-7-3-9-31-53-45(49)43-11-5-6-12-44(43)46(50)54-32-10-4-8-30-52-42-27-19-38(20-28-42)34-48-40-23-15-36(2)16-24-40/h5-6,11-28,33-34H,3-4,7-10,29-32H2,1-2H3. The molecule has 0 N–H and O–H groups in total. The van der Waals surface area contributed by atoms with Crippen LogP contribution in [0.5, 0.6) is 11.5 Å². The smallest absolute Gasteiger partial charge is 0.339 e. The largest absolute Gasteiger partial charge is 0.494 e. The summed E-state index contributed by atoms with van der Waals surface area (Å²) in [6.07, 6.45) is 8.36. The summed E-state index contributed by atoms with van der Waals surface area (Å²) in [5.74, 6) is 0.525. The number of hydrogen-bond donors (Lipinski definition) is 0. The number of carbonyl (C=O) groups excluding carboxylic acids is 2. The van der Waals surface area contributed by atoms with Gasteiger partial charge in [-0.1, -0.05) is 47.5 Å². The zero-order valence-corrected chi connectivity index (χ0v) is 31.1. The molecule has 0 unspecified atom stereocenters. The number of aliphatic imine (C=N–C) groups is 2. The number of benzene rings is 5. The lowest BCUT2D eigenvalue weighted by Gasteiger charge is -2.10. The van der Waals surface area contributed by atoms with Gasteiger partial charge in [0.1, 0.15) is 11.5 Å². The fourth-order valence-corrected chi connectivity index (χ4v) is 5.33. The SMILES string of the molecule is Cc1ccc(N=Cc2ccc(OCCCCCOC(=O)c3ccccc3C(=O)OCCCCCOc3ccc(C=Nc4ccc(C)cc4)cc3)cc2)cc1. The van der Waals surface area contributed by atoms with E-state index < -0.39 is 11.9 Å². The second kappa shape index (κ2) is 21.5. The molecule has 5 aromatic carbocycles. The molecule has 0 saturated carbocycles. The molecule has 0 aliphatic rings. The van der Waals surface area contributed by atoms with E-state index in [2.05, 4.69) is 23.8 Å². The molecule has 5 rings (SSSR count). The van der Waals surface area contributed by atoms with Crippen molar-refractivity contribution in [3.63, 3.8) is 0 Å². The van der Waals surface area contributed by atoms with Crippen molar-refractivity contribution in [2.75, 3.05) is 26.4 Å². The summed E-state index contributed by atoms with van der Waals surface area (Å²) < 4.78 is 22.7. The molecule has 0 fully saturated rings. The van der Waals surface area contributed by atoms with E-state index in [4.69, 9.17) is 18.9 Å². The van der Waals surface area contributed by atoms with Gasteiger partial charge in [-0.05, 0) is 148 Å². The highest BCUT2D eigenvalue weighted by Crippen LogP contribution is 2.18. The third kappa shape index (κ3) is 13.5. The molecule has 0 spiro atoms. The molecule has 278 valence electrons. The molecule has 0 amide bonds. The minimum atomic E-state index is -0.534. The number of nitrogens with zero attached hydrogens (tertiary/aromatic N) is 2. The van der Waals surface area contributed by atoms with Crippen LogP contribution in [0.2, 0.25) is 0 Å². The second-order valence-corrected chi connectivity index (χ2v) is 13.0. The molecule has 0 saturated heterocycles. The fourth-order valence-electron chi connectivity index (χ4n) is 5.33. The lowest BCUT2D eigenvalue weighted by Crippen LogP contribution is -2.15. The van der Waals surface area contributed by atoms with E-state index in [1.807, 2.05) is 109 Å². The van der Waals surface area contributed by atoms with E-state index in [9.17, 15) is 9.59 Å². The third-order valence-corrected chi connectivity index (χ3v) is 8.50. The summed E-state index contributed by atoms with van der Waals surface area (Å²) in [4.78, 5) is 34.6. The van der Waals surface area contributed by atoms with Gasteiger partial charge < -0.3 is 18.9 Å². The Morgan fingerprint density at radius 3 is 1.22 bits per heavy atom. The summed E-state index contributed by atoms with van der Waals surface area (Å²) in [5.41, 5.74) is 6.65. The van der Waals surface area contributed by atoms with Crippen LogP contribution in [0.15, 0.2) is 131 Å². The fraction of sp³-hybridized carbons (Fsp3) is 0.261. The first kappa shape index (κ1) is 39.2. The van der Waals surface area contributed by atoms with Crippen molar-refractivity contribution in [2.24, 2.45) is 9.98 Å². The molecular formula is C46H48N2O6. The van der Waals surface area contributed by atoms with Crippen LogP contribution in [0.25, 0.3) is 0 Å². The molecule has 0 heterocycles. The minimum Gasteiger partial charge on any atom is -0.494 e. The molecule has 0 atom stereocenters. The van der Waals surface area contributed by atoms with Gasteiger partial charge in [-0.25, -0.2) is 9.59 Å². The predicted molar refractivity (Wildman–Crippen MR) is 215 cm³/mol. The van der Waals surface area contributed by atoms with E-state index in [-0.39, 0.29) is 24.3 Å². The average Bonchev–Trinajstić information content (AvgIpc) is 3.20. The maximum absolute atomic E-state index is 12.8. The Kier molecular flexibility index (Phi) is 15.6. The summed E-state index contributed by atoms with van der Waals surface area (Å²) in [7, 11) is 0. The first-order valence-electron chi connectivity index (χ1n) is 18.5. The molecule has 0 aromatic heterocycles. The van der Waals surface area contributed by atoms with Gasteiger partial charge in [0.2, 0.25) is 0 Å². The minimum absolute atomic E-state index is 0.207. The summed E-state index contributed by atoms with van der Waals surface area (Å²) in [6, 6.07) is 38.4. The Bertz CT molecular complexity index is 1810. The molecule has 5 aromatic rings. The van der Waals surface area contributed by atoms with E-state index in [0.29, 0.717) is 26.1 Å². The van der Waals surface area contributed by atoms with Gasteiger partial charge >= 0.3 is 11.9 Å². The number of rotatable bonds is 20. The van der Waals surface area contributed by atoms with Crippen LogP contribution in [0.1, 0.15) is 81.5 Å². The second-order valence-electron chi connectivity index (χ2n) is 13.0. The number of ether oxygens (including phenoxy) is 4. The Hall–Kier alpha value is -6.02. The van der Waals surface area contributed by atoms with Crippen LogP contribution in [0.3, 0.4) is 0 Å². The lowest BCUT2D eigenvalue weighted by atomic mass is 10.1. The quantitative estimate of drug-likeness (QED) is 0.0450. The Labute approximate surface area is 318 Å². The molecule has 8 heteroatoms. The Balaban J connectivity index is 0.910. The number of unbranched alkanes of at least 4 members (excludes halogenated alkanes) is 4. The third-order valence-electron chi connectivity index (χ3n) is 8.50. The van der Waals surface area contributed by atoms with Crippen molar-refractivity contribution in [3.8, 4) is 11.5 Å². The molecule has 0 radical (unpaired) electrons. The summed E-state index contributed by atoms with van der Waals surface area (Å²) >= 11 is 0. The Morgan fingerprint density at radius 1 is 0.463 bits per heavy atom. The van der Waals surface area contributed by atoms with Gasteiger partial charge in [0.25, 0.3) is 0 Å². The van der Waals surface area contributed by atoms with Crippen LogP contribution in [0.4, 0.5) is 11.4 Å². The van der Waals surface area contributed by atoms with Crippen molar-refractivity contribution >= 4 is 35.7 Å².